The van der Waals surface area contributed by atoms with Crippen molar-refractivity contribution in [2.75, 3.05) is 11.5 Å². The van der Waals surface area contributed by atoms with E-state index in [9.17, 15) is 0 Å². The zero-order valence-corrected chi connectivity index (χ0v) is 12.9. The van der Waals surface area contributed by atoms with E-state index < -0.39 is 0 Å². The fraction of sp³-hybridized carbons (Fsp3) is 0.100. The van der Waals surface area contributed by atoms with Crippen molar-refractivity contribution in [1.82, 2.24) is 0 Å². The molecule has 2 heteroatoms. The Hall–Kier alpha value is -2.74. The van der Waals surface area contributed by atoms with E-state index in [0.717, 1.165) is 22.5 Å². The van der Waals surface area contributed by atoms with Crippen LogP contribution in [0.2, 0.25) is 0 Å². The van der Waals surface area contributed by atoms with Crippen LogP contribution in [0.1, 0.15) is 11.1 Å². The number of anilines is 2. The smallest absolute Gasteiger partial charge is 0.0320 e. The van der Waals surface area contributed by atoms with Crippen molar-refractivity contribution < 1.29 is 0 Å². The molecule has 0 heterocycles. The number of hydrogen-bond acceptors (Lipinski definition) is 2. The first-order valence-electron chi connectivity index (χ1n) is 7.37. The predicted octanol–water partition coefficient (Wildman–Crippen LogP) is 4.80. The third kappa shape index (κ3) is 2.68. The summed E-state index contributed by atoms with van der Waals surface area (Å²) < 4.78 is 0. The third-order valence-electron chi connectivity index (χ3n) is 3.94. The van der Waals surface area contributed by atoms with Crippen LogP contribution in [0.4, 0.5) is 11.4 Å². The molecule has 0 fully saturated rings. The van der Waals surface area contributed by atoms with Crippen LogP contribution in [-0.4, -0.2) is 0 Å². The first-order valence-corrected chi connectivity index (χ1v) is 7.37. The van der Waals surface area contributed by atoms with Crippen LogP contribution in [-0.2, 0) is 0 Å². The lowest BCUT2D eigenvalue weighted by molar-refractivity contribution is 1.38. The highest BCUT2D eigenvalue weighted by atomic mass is 14.5. The van der Waals surface area contributed by atoms with Gasteiger partial charge >= 0.3 is 0 Å². The maximum atomic E-state index is 6.03. The van der Waals surface area contributed by atoms with Crippen LogP contribution in [0.25, 0.3) is 22.3 Å². The molecule has 0 atom stereocenters. The van der Waals surface area contributed by atoms with Crippen LogP contribution in [0, 0.1) is 13.8 Å². The fourth-order valence-electron chi connectivity index (χ4n) is 2.81. The summed E-state index contributed by atoms with van der Waals surface area (Å²) >= 11 is 0. The van der Waals surface area contributed by atoms with E-state index in [2.05, 4.69) is 38.1 Å². The van der Waals surface area contributed by atoms with Gasteiger partial charge in [0.1, 0.15) is 0 Å². The zero-order valence-electron chi connectivity index (χ0n) is 12.9. The van der Waals surface area contributed by atoms with Crippen LogP contribution in [0.5, 0.6) is 0 Å². The highest BCUT2D eigenvalue weighted by Gasteiger charge is 2.10. The molecule has 3 aromatic carbocycles. The molecule has 0 aliphatic heterocycles. The minimum Gasteiger partial charge on any atom is -0.399 e. The Morgan fingerprint density at radius 3 is 1.91 bits per heavy atom. The molecule has 3 rings (SSSR count). The Kier molecular flexibility index (Phi) is 3.60. The molecule has 0 radical (unpaired) electrons. The second-order valence-electron chi connectivity index (χ2n) is 5.75. The van der Waals surface area contributed by atoms with E-state index in [1.165, 1.54) is 22.3 Å². The lowest BCUT2D eigenvalue weighted by Crippen LogP contribution is -1.92. The Bertz CT molecular complexity index is 818. The van der Waals surface area contributed by atoms with Crippen molar-refractivity contribution in [1.29, 1.82) is 0 Å². The molecule has 2 nitrogen and oxygen atoms in total. The molecule has 0 aliphatic rings. The molecule has 0 unspecified atom stereocenters. The van der Waals surface area contributed by atoms with Gasteiger partial charge in [-0.05, 0) is 65.9 Å². The van der Waals surface area contributed by atoms with Crippen LogP contribution < -0.4 is 11.5 Å². The largest absolute Gasteiger partial charge is 0.399 e. The van der Waals surface area contributed by atoms with Crippen molar-refractivity contribution in [3.63, 3.8) is 0 Å². The van der Waals surface area contributed by atoms with E-state index in [4.69, 9.17) is 11.5 Å². The lowest BCUT2D eigenvalue weighted by atomic mass is 9.91. The minimum absolute atomic E-state index is 0.771. The monoisotopic (exact) mass is 288 g/mol. The van der Waals surface area contributed by atoms with E-state index in [1.807, 2.05) is 36.4 Å². The number of rotatable bonds is 2. The van der Waals surface area contributed by atoms with Gasteiger partial charge in [-0.25, -0.2) is 0 Å². The van der Waals surface area contributed by atoms with E-state index in [0.29, 0.717) is 0 Å². The van der Waals surface area contributed by atoms with E-state index in [1.54, 1.807) is 0 Å². The summed E-state index contributed by atoms with van der Waals surface area (Å²) in [6, 6.07) is 20.5. The second kappa shape index (κ2) is 5.57. The summed E-state index contributed by atoms with van der Waals surface area (Å²) in [5.41, 5.74) is 20.6. The van der Waals surface area contributed by atoms with E-state index >= 15 is 0 Å². The maximum Gasteiger partial charge on any atom is 0.0320 e. The molecule has 4 N–H and O–H groups in total. The standard InChI is InChI=1S/C20H20N2/c1-13-3-9-18(14(2)11-13)20-12-17(22)8-10-19(20)15-4-6-16(21)7-5-15/h3-12H,21-22H2,1-2H3. The highest BCUT2D eigenvalue weighted by molar-refractivity contribution is 5.87. The van der Waals surface area contributed by atoms with Gasteiger partial charge in [0.15, 0.2) is 0 Å². The average molecular weight is 288 g/mol. The van der Waals surface area contributed by atoms with Gasteiger partial charge in [0.05, 0.1) is 0 Å². The molecule has 0 saturated heterocycles. The Balaban J connectivity index is 2.22. The van der Waals surface area contributed by atoms with Crippen molar-refractivity contribution in [2.45, 2.75) is 13.8 Å². The van der Waals surface area contributed by atoms with Gasteiger partial charge in [-0.1, -0.05) is 42.0 Å². The molecular weight excluding hydrogens is 268 g/mol. The SMILES string of the molecule is Cc1ccc(-c2cc(N)ccc2-c2ccc(N)cc2)c(C)c1. The Morgan fingerprint density at radius 2 is 1.23 bits per heavy atom. The molecular formula is C20H20N2. The van der Waals surface area contributed by atoms with Gasteiger partial charge in [-0.15, -0.1) is 0 Å². The quantitative estimate of drug-likeness (QED) is 0.665. The molecule has 3 aromatic rings. The Morgan fingerprint density at radius 1 is 0.591 bits per heavy atom. The summed E-state index contributed by atoms with van der Waals surface area (Å²) in [6.45, 7) is 4.25. The maximum absolute atomic E-state index is 6.03. The van der Waals surface area contributed by atoms with Crippen LogP contribution in [0.15, 0.2) is 60.7 Å². The molecule has 0 saturated carbocycles. The number of nitrogens with two attached hydrogens (primary N) is 2. The van der Waals surface area contributed by atoms with Crippen LogP contribution >= 0.6 is 0 Å². The van der Waals surface area contributed by atoms with Gasteiger partial charge in [0.25, 0.3) is 0 Å². The number of nitrogen functional groups attached to an aromatic ring is 2. The summed E-state index contributed by atoms with van der Waals surface area (Å²) in [6.07, 6.45) is 0. The number of hydrogen-bond donors (Lipinski definition) is 2. The summed E-state index contributed by atoms with van der Waals surface area (Å²) in [5, 5.41) is 0. The molecule has 0 aliphatic carbocycles. The van der Waals surface area contributed by atoms with Crippen molar-refractivity contribution in [3.8, 4) is 22.3 Å². The molecule has 0 spiro atoms. The first-order chi connectivity index (χ1) is 10.5. The summed E-state index contributed by atoms with van der Waals surface area (Å²) in [5.74, 6) is 0. The summed E-state index contributed by atoms with van der Waals surface area (Å²) in [7, 11) is 0. The third-order valence-corrected chi connectivity index (χ3v) is 3.94. The first kappa shape index (κ1) is 14.2. The van der Waals surface area contributed by atoms with Gasteiger partial charge in [0, 0.05) is 11.4 Å². The Labute approximate surface area is 131 Å². The van der Waals surface area contributed by atoms with Gasteiger partial charge in [-0.3, -0.25) is 0 Å². The summed E-state index contributed by atoms with van der Waals surface area (Å²) in [4.78, 5) is 0. The lowest BCUT2D eigenvalue weighted by Gasteiger charge is -2.14. The normalized spacial score (nSPS) is 10.6. The number of benzene rings is 3. The average Bonchev–Trinajstić information content (AvgIpc) is 2.48. The van der Waals surface area contributed by atoms with Gasteiger partial charge in [-0.2, -0.15) is 0 Å². The zero-order chi connectivity index (χ0) is 15.7. The topological polar surface area (TPSA) is 52.0 Å². The van der Waals surface area contributed by atoms with Crippen molar-refractivity contribution in [2.24, 2.45) is 0 Å². The van der Waals surface area contributed by atoms with Gasteiger partial charge < -0.3 is 11.5 Å². The molecule has 22 heavy (non-hydrogen) atoms. The number of aryl methyl sites for hydroxylation is 2. The van der Waals surface area contributed by atoms with Crippen molar-refractivity contribution in [3.05, 3.63) is 71.8 Å². The van der Waals surface area contributed by atoms with Crippen LogP contribution in [0.3, 0.4) is 0 Å². The predicted molar refractivity (Wildman–Crippen MR) is 95.6 cm³/mol. The van der Waals surface area contributed by atoms with Crippen molar-refractivity contribution >= 4 is 11.4 Å². The molecule has 0 aromatic heterocycles. The fourth-order valence-corrected chi connectivity index (χ4v) is 2.81. The van der Waals surface area contributed by atoms with E-state index in [-0.39, 0.29) is 0 Å². The van der Waals surface area contributed by atoms with Gasteiger partial charge in [0.2, 0.25) is 0 Å². The minimum atomic E-state index is 0.771. The molecule has 110 valence electrons. The molecule has 0 bridgehead atoms. The molecule has 0 amide bonds. The second-order valence-corrected chi connectivity index (χ2v) is 5.75. The highest BCUT2D eigenvalue weighted by Crippen LogP contribution is 2.35.